The number of methoxy groups -OCH3 is 1. The third-order valence-corrected chi connectivity index (χ3v) is 5.26. The number of hydrogen-bond donors (Lipinski definition) is 1. The Morgan fingerprint density at radius 3 is 2.43 bits per heavy atom. The molecule has 0 aliphatic heterocycles. The minimum atomic E-state index is -4.95. The van der Waals surface area contributed by atoms with Gasteiger partial charge in [-0.25, -0.2) is 14.5 Å². The third-order valence-electron chi connectivity index (χ3n) is 5.26. The van der Waals surface area contributed by atoms with Crippen LogP contribution in [0.1, 0.15) is 21.6 Å². The molecule has 192 valence electrons. The summed E-state index contributed by atoms with van der Waals surface area (Å²) in [7, 11) is 1.60. The predicted molar refractivity (Wildman–Crippen MR) is 127 cm³/mol. The first kappa shape index (κ1) is 25.7. The molecule has 4 aromatic rings. The van der Waals surface area contributed by atoms with E-state index in [4.69, 9.17) is 14.2 Å². The number of alkyl halides is 3. The van der Waals surface area contributed by atoms with E-state index < -0.39 is 23.4 Å². The Morgan fingerprint density at radius 1 is 0.973 bits per heavy atom. The lowest BCUT2D eigenvalue weighted by molar-refractivity contribution is -0.143. The summed E-state index contributed by atoms with van der Waals surface area (Å²) in [6.07, 6.45) is -4.29. The zero-order valence-corrected chi connectivity index (χ0v) is 19.6. The van der Waals surface area contributed by atoms with Gasteiger partial charge in [0.25, 0.3) is 0 Å². The zero-order chi connectivity index (χ0) is 26.4. The van der Waals surface area contributed by atoms with Crippen LogP contribution >= 0.6 is 0 Å². The van der Waals surface area contributed by atoms with E-state index in [9.17, 15) is 23.1 Å². The van der Waals surface area contributed by atoms with Crippen molar-refractivity contribution < 1.29 is 37.3 Å². The molecule has 1 N–H and O–H groups in total. The number of ether oxygens (including phenoxy) is 3. The highest BCUT2D eigenvalue weighted by Crippen LogP contribution is 2.34. The molecule has 0 atom stereocenters. The van der Waals surface area contributed by atoms with Crippen LogP contribution in [0, 0.1) is 0 Å². The van der Waals surface area contributed by atoms with Gasteiger partial charge in [0.1, 0.15) is 30.3 Å². The average Bonchev–Trinajstić information content (AvgIpc) is 3.35. The number of benzene rings is 2. The number of aromatic carboxylic acids is 1. The first-order chi connectivity index (χ1) is 17.8. The van der Waals surface area contributed by atoms with Crippen LogP contribution in [0.5, 0.6) is 11.5 Å². The van der Waals surface area contributed by atoms with Crippen molar-refractivity contribution in [3.8, 4) is 28.6 Å². The number of halogens is 3. The van der Waals surface area contributed by atoms with E-state index in [-0.39, 0.29) is 12.4 Å². The van der Waals surface area contributed by atoms with Crippen molar-refractivity contribution in [1.82, 2.24) is 14.8 Å². The quantitative estimate of drug-likeness (QED) is 0.289. The van der Waals surface area contributed by atoms with Gasteiger partial charge in [0.05, 0.1) is 18.5 Å². The summed E-state index contributed by atoms with van der Waals surface area (Å²) in [5.41, 5.74) is -0.621. The zero-order valence-electron chi connectivity index (χ0n) is 19.6. The molecule has 0 amide bonds. The van der Waals surface area contributed by atoms with E-state index >= 15 is 0 Å². The average molecular weight is 513 g/mol. The Kier molecular flexibility index (Phi) is 7.73. The van der Waals surface area contributed by atoms with Crippen LogP contribution < -0.4 is 9.47 Å². The number of nitrogens with zero attached hydrogens (tertiary/aromatic N) is 3. The highest BCUT2D eigenvalue weighted by atomic mass is 19.4. The number of hydrogen-bond acceptors (Lipinski definition) is 6. The lowest BCUT2D eigenvalue weighted by Gasteiger charge is -2.14. The topological polar surface area (TPSA) is 95.7 Å². The van der Waals surface area contributed by atoms with Gasteiger partial charge >= 0.3 is 12.1 Å². The Labute approximate surface area is 209 Å². The maximum Gasteiger partial charge on any atom is 0.434 e. The summed E-state index contributed by atoms with van der Waals surface area (Å²) in [6.45, 7) is 1.15. The number of carbonyl (C=O) groups is 1. The molecule has 2 aromatic carbocycles. The number of pyridine rings is 1. The van der Waals surface area contributed by atoms with Crippen molar-refractivity contribution in [1.29, 1.82) is 0 Å². The second-order valence-corrected chi connectivity index (χ2v) is 7.77. The van der Waals surface area contributed by atoms with Crippen molar-refractivity contribution in [2.45, 2.75) is 12.8 Å². The minimum Gasteiger partial charge on any atom is -0.491 e. The molecule has 0 fully saturated rings. The standard InChI is InChI=1S/C26H22F3N3O5/c1-35-13-14-36-18-11-9-17(10-12-18)16-37-22-7-3-2-5-19(22)21-6-4-8-23(31-21)32-24(26(27,28)29)20(15-30-32)25(33)34/h2-12,15H,13-14,16H2,1H3,(H,33,34). The molecule has 0 aliphatic rings. The number of carboxylic acids is 1. The highest BCUT2D eigenvalue weighted by Gasteiger charge is 2.41. The van der Waals surface area contributed by atoms with E-state index in [2.05, 4.69) is 10.1 Å². The second kappa shape index (κ2) is 11.1. The van der Waals surface area contributed by atoms with Gasteiger partial charge in [-0.2, -0.15) is 18.3 Å². The van der Waals surface area contributed by atoms with Gasteiger partial charge in [0.2, 0.25) is 0 Å². The van der Waals surface area contributed by atoms with E-state index in [1.165, 1.54) is 12.1 Å². The Balaban J connectivity index is 1.58. The molecule has 0 radical (unpaired) electrons. The molecular weight excluding hydrogens is 491 g/mol. The van der Waals surface area contributed by atoms with Crippen LogP contribution in [0.15, 0.2) is 72.9 Å². The van der Waals surface area contributed by atoms with Crippen LogP contribution in [-0.2, 0) is 17.5 Å². The Bertz CT molecular complexity index is 1370. The van der Waals surface area contributed by atoms with E-state index in [1.807, 2.05) is 24.3 Å². The maximum atomic E-state index is 13.7. The molecule has 0 spiro atoms. The Hall–Kier alpha value is -4.38. The molecule has 0 unspecified atom stereocenters. The molecule has 2 aromatic heterocycles. The van der Waals surface area contributed by atoms with Gasteiger partial charge in [-0.15, -0.1) is 0 Å². The maximum absolute atomic E-state index is 13.7. The summed E-state index contributed by atoms with van der Waals surface area (Å²) in [4.78, 5) is 15.6. The lowest BCUT2D eigenvalue weighted by atomic mass is 10.1. The summed E-state index contributed by atoms with van der Waals surface area (Å²) >= 11 is 0. The fraction of sp³-hybridized carbons (Fsp3) is 0.192. The van der Waals surface area contributed by atoms with Crippen molar-refractivity contribution in [3.05, 3.63) is 89.7 Å². The van der Waals surface area contributed by atoms with E-state index in [0.717, 1.165) is 5.56 Å². The SMILES string of the molecule is COCCOc1ccc(COc2ccccc2-c2cccc(-n3ncc(C(=O)O)c3C(F)(F)F)n2)cc1. The molecule has 0 saturated carbocycles. The minimum absolute atomic E-state index is 0.184. The van der Waals surface area contributed by atoms with Crippen LogP contribution in [0.3, 0.4) is 0 Å². The highest BCUT2D eigenvalue weighted by molar-refractivity contribution is 5.89. The van der Waals surface area contributed by atoms with Crippen LogP contribution in [0.25, 0.3) is 17.1 Å². The molecule has 11 heteroatoms. The van der Waals surface area contributed by atoms with Gasteiger partial charge in [-0.05, 0) is 42.0 Å². The van der Waals surface area contributed by atoms with Crippen molar-refractivity contribution >= 4 is 5.97 Å². The molecule has 8 nitrogen and oxygen atoms in total. The second-order valence-electron chi connectivity index (χ2n) is 7.77. The normalized spacial score (nSPS) is 11.4. The molecule has 4 rings (SSSR count). The van der Waals surface area contributed by atoms with Gasteiger partial charge in [0, 0.05) is 12.7 Å². The molecule has 0 bridgehead atoms. The van der Waals surface area contributed by atoms with Gasteiger partial charge in [-0.3, -0.25) is 0 Å². The van der Waals surface area contributed by atoms with Crippen LogP contribution in [0.2, 0.25) is 0 Å². The van der Waals surface area contributed by atoms with Crippen molar-refractivity contribution in [2.75, 3.05) is 20.3 Å². The smallest absolute Gasteiger partial charge is 0.434 e. The van der Waals surface area contributed by atoms with E-state index in [0.29, 0.717) is 46.8 Å². The molecule has 37 heavy (non-hydrogen) atoms. The summed E-state index contributed by atoms with van der Waals surface area (Å²) in [5.74, 6) is -0.750. The summed E-state index contributed by atoms with van der Waals surface area (Å²) in [5, 5.41) is 12.8. The number of para-hydroxylation sites is 1. The van der Waals surface area contributed by atoms with E-state index in [1.54, 1.807) is 37.4 Å². The van der Waals surface area contributed by atoms with Crippen LogP contribution in [-0.4, -0.2) is 46.2 Å². The van der Waals surface area contributed by atoms with Gasteiger partial charge in [-0.1, -0.05) is 30.3 Å². The predicted octanol–water partition coefficient (Wildman–Crippen LogP) is 5.26. The Morgan fingerprint density at radius 2 is 1.73 bits per heavy atom. The van der Waals surface area contributed by atoms with Crippen LogP contribution in [0.4, 0.5) is 13.2 Å². The first-order valence-electron chi connectivity index (χ1n) is 11.1. The molecule has 2 heterocycles. The fourth-order valence-corrected chi connectivity index (χ4v) is 3.53. The molecule has 0 aliphatic carbocycles. The number of aromatic nitrogens is 3. The first-order valence-corrected chi connectivity index (χ1v) is 11.1. The van der Waals surface area contributed by atoms with Gasteiger partial charge in [0.15, 0.2) is 11.5 Å². The third kappa shape index (κ3) is 6.07. The lowest BCUT2D eigenvalue weighted by Crippen LogP contribution is -2.18. The summed E-state index contributed by atoms with van der Waals surface area (Å²) in [6, 6.07) is 18.8. The van der Waals surface area contributed by atoms with Crippen molar-refractivity contribution in [3.63, 3.8) is 0 Å². The van der Waals surface area contributed by atoms with Crippen molar-refractivity contribution in [2.24, 2.45) is 0 Å². The molecular formula is C26H22F3N3O5. The number of carboxylic acid groups (broad SMARTS) is 1. The largest absolute Gasteiger partial charge is 0.491 e. The monoisotopic (exact) mass is 513 g/mol. The fourth-order valence-electron chi connectivity index (χ4n) is 3.53. The number of rotatable bonds is 10. The molecule has 0 saturated heterocycles. The van der Waals surface area contributed by atoms with Gasteiger partial charge < -0.3 is 19.3 Å². The summed E-state index contributed by atoms with van der Waals surface area (Å²) < 4.78 is 57.9.